The van der Waals surface area contributed by atoms with Crippen LogP contribution in [-0.4, -0.2) is 30.4 Å². The maximum Gasteiger partial charge on any atom is 0.228 e. The zero-order valence-electron chi connectivity index (χ0n) is 14.8. The topological polar surface area (TPSA) is 44.4 Å². The van der Waals surface area contributed by atoms with Gasteiger partial charge in [0.1, 0.15) is 0 Å². The molecule has 1 unspecified atom stereocenters. The van der Waals surface area contributed by atoms with Crippen LogP contribution >= 0.6 is 24.8 Å². The zero-order chi connectivity index (χ0) is 15.9. The molecule has 1 saturated carbocycles. The molecule has 4 rings (SSSR count). The average Bonchev–Trinajstić information content (AvgIpc) is 3.07. The smallest absolute Gasteiger partial charge is 0.228 e. The van der Waals surface area contributed by atoms with Crippen LogP contribution in [0, 0.1) is 11.3 Å². The number of hydrogen-bond donors (Lipinski definition) is 2. The molecule has 1 aromatic rings. The number of fused-ring (bicyclic) bond motifs is 1. The highest BCUT2D eigenvalue weighted by Gasteiger charge is 2.57. The van der Waals surface area contributed by atoms with Crippen molar-refractivity contribution in [3.05, 3.63) is 29.3 Å². The second-order valence-electron chi connectivity index (χ2n) is 7.51. The molecule has 6 heteroatoms. The fourth-order valence-corrected chi connectivity index (χ4v) is 4.50. The van der Waals surface area contributed by atoms with Crippen molar-refractivity contribution >= 4 is 36.4 Å². The van der Waals surface area contributed by atoms with E-state index in [0.29, 0.717) is 5.41 Å². The Bertz CT molecular complexity index is 617. The molecule has 2 heterocycles. The number of hydrogen-bond acceptors (Lipinski definition) is 3. The van der Waals surface area contributed by atoms with Gasteiger partial charge >= 0.3 is 0 Å². The number of rotatable bonds is 4. The lowest BCUT2D eigenvalue weighted by atomic mass is 9.91. The molecule has 1 saturated heterocycles. The SMILES string of the molecule is CCCN1Cc2cccc(NC(=O)C3CC34CCNCC4)c2C1.Cl.Cl. The number of piperidine rings is 1. The van der Waals surface area contributed by atoms with Gasteiger partial charge in [-0.05, 0) is 67.9 Å². The average molecular weight is 386 g/mol. The van der Waals surface area contributed by atoms with Gasteiger partial charge in [-0.3, -0.25) is 9.69 Å². The number of carbonyl (C=O) groups is 1. The van der Waals surface area contributed by atoms with E-state index < -0.39 is 0 Å². The lowest BCUT2D eigenvalue weighted by molar-refractivity contribution is -0.118. The number of nitrogens with zero attached hydrogens (tertiary/aromatic N) is 1. The second-order valence-corrected chi connectivity index (χ2v) is 7.51. The van der Waals surface area contributed by atoms with Crippen molar-refractivity contribution < 1.29 is 4.79 Å². The van der Waals surface area contributed by atoms with E-state index in [1.54, 1.807) is 0 Å². The fourth-order valence-electron chi connectivity index (χ4n) is 4.50. The molecule has 2 fully saturated rings. The van der Waals surface area contributed by atoms with Crippen LogP contribution in [-0.2, 0) is 17.9 Å². The van der Waals surface area contributed by atoms with Crippen LogP contribution in [0.15, 0.2) is 18.2 Å². The van der Waals surface area contributed by atoms with Crippen LogP contribution in [0.3, 0.4) is 0 Å². The Kier molecular flexibility index (Phi) is 6.77. The standard InChI is InChI=1S/C19H27N3O.2ClH/c1-2-10-22-12-14-4-3-5-17(15(14)13-22)21-18(23)16-11-19(16)6-8-20-9-7-19;;/h3-5,16,20H,2,6-13H2,1H3,(H,21,23);2*1H. The summed E-state index contributed by atoms with van der Waals surface area (Å²) in [5, 5.41) is 6.66. The lowest BCUT2D eigenvalue weighted by Crippen LogP contribution is -2.31. The van der Waals surface area contributed by atoms with Gasteiger partial charge < -0.3 is 10.6 Å². The minimum atomic E-state index is 0. The molecule has 1 atom stereocenters. The van der Waals surface area contributed by atoms with Gasteiger partial charge in [-0.15, -0.1) is 24.8 Å². The molecule has 0 bridgehead atoms. The highest BCUT2D eigenvalue weighted by atomic mass is 35.5. The van der Waals surface area contributed by atoms with Gasteiger partial charge in [-0.1, -0.05) is 19.1 Å². The Morgan fingerprint density at radius 1 is 1.28 bits per heavy atom. The molecule has 0 aromatic heterocycles. The Hall–Kier alpha value is -0.810. The van der Waals surface area contributed by atoms with Crippen LogP contribution in [0.2, 0.25) is 0 Å². The Morgan fingerprint density at radius 2 is 2.04 bits per heavy atom. The number of amides is 1. The summed E-state index contributed by atoms with van der Waals surface area (Å²) in [7, 11) is 0. The first-order chi connectivity index (χ1) is 11.2. The van der Waals surface area contributed by atoms with E-state index in [9.17, 15) is 4.79 Å². The third kappa shape index (κ3) is 3.97. The molecule has 3 aliphatic rings. The van der Waals surface area contributed by atoms with E-state index in [-0.39, 0.29) is 36.6 Å². The summed E-state index contributed by atoms with van der Waals surface area (Å²) in [6, 6.07) is 6.35. The van der Waals surface area contributed by atoms with E-state index in [0.717, 1.165) is 57.7 Å². The van der Waals surface area contributed by atoms with Crippen molar-refractivity contribution in [2.45, 2.75) is 45.7 Å². The monoisotopic (exact) mass is 385 g/mol. The summed E-state index contributed by atoms with van der Waals surface area (Å²) in [6.07, 6.45) is 4.57. The first-order valence-electron chi connectivity index (χ1n) is 9.06. The third-order valence-corrected chi connectivity index (χ3v) is 5.95. The van der Waals surface area contributed by atoms with E-state index in [1.165, 1.54) is 17.5 Å². The molecule has 1 aromatic carbocycles. The first-order valence-corrected chi connectivity index (χ1v) is 9.06. The zero-order valence-corrected chi connectivity index (χ0v) is 16.5. The third-order valence-electron chi connectivity index (χ3n) is 5.95. The number of carbonyl (C=O) groups excluding carboxylic acids is 1. The molecule has 2 aliphatic heterocycles. The fraction of sp³-hybridized carbons (Fsp3) is 0.632. The maximum absolute atomic E-state index is 12.7. The molecule has 1 aliphatic carbocycles. The largest absolute Gasteiger partial charge is 0.326 e. The van der Waals surface area contributed by atoms with E-state index >= 15 is 0 Å². The minimum absolute atomic E-state index is 0. The van der Waals surface area contributed by atoms with E-state index in [4.69, 9.17) is 0 Å². The normalized spacial score (nSPS) is 23.3. The summed E-state index contributed by atoms with van der Waals surface area (Å²) in [4.78, 5) is 15.2. The van der Waals surface area contributed by atoms with Crippen LogP contribution in [0.25, 0.3) is 0 Å². The van der Waals surface area contributed by atoms with Gasteiger partial charge in [0.25, 0.3) is 0 Å². The van der Waals surface area contributed by atoms with Crippen molar-refractivity contribution in [1.29, 1.82) is 0 Å². The highest BCUT2D eigenvalue weighted by molar-refractivity contribution is 5.96. The number of halogens is 2. The highest BCUT2D eigenvalue weighted by Crippen LogP contribution is 2.58. The predicted octanol–water partition coefficient (Wildman–Crippen LogP) is 3.58. The van der Waals surface area contributed by atoms with Crippen LogP contribution in [0.1, 0.15) is 43.7 Å². The van der Waals surface area contributed by atoms with Gasteiger partial charge in [0.15, 0.2) is 0 Å². The molecule has 2 N–H and O–H groups in total. The number of benzene rings is 1. The minimum Gasteiger partial charge on any atom is -0.326 e. The summed E-state index contributed by atoms with van der Waals surface area (Å²) < 4.78 is 0. The van der Waals surface area contributed by atoms with Gasteiger partial charge in [0, 0.05) is 24.7 Å². The predicted molar refractivity (Wildman–Crippen MR) is 107 cm³/mol. The van der Waals surface area contributed by atoms with Crippen molar-refractivity contribution in [2.24, 2.45) is 11.3 Å². The molecule has 1 amide bonds. The molecule has 4 nitrogen and oxygen atoms in total. The second kappa shape index (κ2) is 8.26. The van der Waals surface area contributed by atoms with Crippen LogP contribution in [0.5, 0.6) is 0 Å². The molecular weight excluding hydrogens is 357 g/mol. The molecule has 25 heavy (non-hydrogen) atoms. The van der Waals surface area contributed by atoms with Gasteiger partial charge in [-0.25, -0.2) is 0 Å². The maximum atomic E-state index is 12.7. The summed E-state index contributed by atoms with van der Waals surface area (Å²) in [5.74, 6) is 0.475. The van der Waals surface area contributed by atoms with Crippen LogP contribution in [0.4, 0.5) is 5.69 Å². The molecule has 140 valence electrons. The summed E-state index contributed by atoms with van der Waals surface area (Å²) >= 11 is 0. The summed E-state index contributed by atoms with van der Waals surface area (Å²) in [6.45, 7) is 7.47. The first kappa shape index (κ1) is 20.5. The quantitative estimate of drug-likeness (QED) is 0.832. The Labute approximate surface area is 162 Å². The molecular formula is C19H29Cl2N3O. The van der Waals surface area contributed by atoms with Gasteiger partial charge in [0.2, 0.25) is 5.91 Å². The van der Waals surface area contributed by atoms with Crippen molar-refractivity contribution in [3.8, 4) is 0 Å². The molecule has 1 spiro atoms. The number of nitrogens with one attached hydrogen (secondary N) is 2. The van der Waals surface area contributed by atoms with Crippen molar-refractivity contribution in [2.75, 3.05) is 25.0 Å². The van der Waals surface area contributed by atoms with Gasteiger partial charge in [-0.2, -0.15) is 0 Å². The number of anilines is 1. The Morgan fingerprint density at radius 3 is 2.76 bits per heavy atom. The van der Waals surface area contributed by atoms with Gasteiger partial charge in [0.05, 0.1) is 0 Å². The van der Waals surface area contributed by atoms with Crippen LogP contribution < -0.4 is 10.6 Å². The molecule has 0 radical (unpaired) electrons. The van der Waals surface area contributed by atoms with E-state index in [1.807, 2.05) is 0 Å². The lowest BCUT2D eigenvalue weighted by Gasteiger charge is -2.23. The summed E-state index contributed by atoms with van der Waals surface area (Å²) in [5.41, 5.74) is 4.06. The van der Waals surface area contributed by atoms with Crippen molar-refractivity contribution in [3.63, 3.8) is 0 Å². The Balaban J connectivity index is 0.00000113. The van der Waals surface area contributed by atoms with Crippen molar-refractivity contribution in [1.82, 2.24) is 10.2 Å². The van der Waals surface area contributed by atoms with E-state index in [2.05, 4.69) is 40.7 Å².